The Hall–Kier alpha value is -1.82. The number of hydrogen-bond acceptors (Lipinski definition) is 4. The zero-order valence-electron chi connectivity index (χ0n) is 18.1. The van der Waals surface area contributed by atoms with Crippen molar-refractivity contribution in [2.75, 3.05) is 45.8 Å². The molecule has 2 amide bonds. The highest BCUT2D eigenvalue weighted by Gasteiger charge is 2.24. The van der Waals surface area contributed by atoms with E-state index in [1.54, 1.807) is 0 Å². The Kier molecular flexibility index (Phi) is 9.03. The summed E-state index contributed by atoms with van der Waals surface area (Å²) in [5.74, 6) is 1.54. The number of aryl methyl sites for hydroxylation is 2. The topological polar surface area (TPSA) is 57.0 Å². The number of likely N-dealkylation sites (N-methyl/N-ethyl adjacent to an activating group) is 1. The van der Waals surface area contributed by atoms with Crippen LogP contribution in [0.3, 0.4) is 0 Å². The minimum Gasteiger partial charge on any atom is -0.466 e. The van der Waals surface area contributed by atoms with Gasteiger partial charge in [-0.1, -0.05) is 33.1 Å². The molecule has 0 bridgehead atoms. The first-order valence-corrected chi connectivity index (χ1v) is 10.8. The summed E-state index contributed by atoms with van der Waals surface area (Å²) in [6.07, 6.45) is 4.81. The highest BCUT2D eigenvalue weighted by atomic mass is 16.3. The fraction of sp³-hybridized carbons (Fsp3) is 0.727. The van der Waals surface area contributed by atoms with Crippen molar-refractivity contribution in [3.05, 3.63) is 23.2 Å². The van der Waals surface area contributed by atoms with Gasteiger partial charge >= 0.3 is 0 Å². The number of nitrogens with zero attached hydrogens (tertiary/aromatic N) is 3. The Labute approximate surface area is 169 Å². The van der Waals surface area contributed by atoms with Crippen molar-refractivity contribution in [3.8, 4) is 0 Å². The number of unbranched alkanes of at least 4 members (excludes halogenated alkanes) is 3. The molecule has 1 saturated heterocycles. The number of rotatable bonds is 10. The predicted octanol–water partition coefficient (Wildman–Crippen LogP) is 3.47. The summed E-state index contributed by atoms with van der Waals surface area (Å²) in [5, 5.41) is 0. The third-order valence-electron chi connectivity index (χ3n) is 5.61. The fourth-order valence-electron chi connectivity index (χ4n) is 3.76. The standard InChI is InChI=1S/C22H37N3O3/c1-5-7-8-9-11-25(22(27)20-17-18(3)28-19(20)4)12-10-21(26)24-15-13-23(6-2)14-16-24/h17H,5-16H2,1-4H3. The van der Waals surface area contributed by atoms with E-state index in [9.17, 15) is 9.59 Å². The summed E-state index contributed by atoms with van der Waals surface area (Å²) in [5.41, 5.74) is 0.622. The molecule has 0 aromatic carbocycles. The van der Waals surface area contributed by atoms with E-state index in [1.807, 2.05) is 29.7 Å². The molecule has 0 unspecified atom stereocenters. The molecular formula is C22H37N3O3. The van der Waals surface area contributed by atoms with Crippen molar-refractivity contribution in [3.63, 3.8) is 0 Å². The summed E-state index contributed by atoms with van der Waals surface area (Å²) < 4.78 is 5.54. The SMILES string of the molecule is CCCCCCN(CCC(=O)N1CCN(CC)CC1)C(=O)c1cc(C)oc1C. The Morgan fingerprint density at radius 3 is 2.32 bits per heavy atom. The molecule has 1 aliphatic heterocycles. The molecule has 0 saturated carbocycles. The van der Waals surface area contributed by atoms with Gasteiger partial charge < -0.3 is 19.1 Å². The van der Waals surface area contributed by atoms with Crippen molar-refractivity contribution in [1.29, 1.82) is 0 Å². The smallest absolute Gasteiger partial charge is 0.257 e. The zero-order valence-corrected chi connectivity index (χ0v) is 18.1. The van der Waals surface area contributed by atoms with E-state index in [-0.39, 0.29) is 11.8 Å². The number of piperazine rings is 1. The number of amides is 2. The van der Waals surface area contributed by atoms with Gasteiger partial charge in [0.05, 0.1) is 5.56 Å². The van der Waals surface area contributed by atoms with Gasteiger partial charge in [0, 0.05) is 45.7 Å². The van der Waals surface area contributed by atoms with Gasteiger partial charge in [-0.25, -0.2) is 0 Å². The van der Waals surface area contributed by atoms with Gasteiger partial charge in [0.1, 0.15) is 11.5 Å². The lowest BCUT2D eigenvalue weighted by Crippen LogP contribution is -2.49. The van der Waals surface area contributed by atoms with Crippen molar-refractivity contribution in [2.24, 2.45) is 0 Å². The lowest BCUT2D eigenvalue weighted by molar-refractivity contribution is -0.133. The molecule has 0 spiro atoms. The van der Waals surface area contributed by atoms with Crippen molar-refractivity contribution in [1.82, 2.24) is 14.7 Å². The lowest BCUT2D eigenvalue weighted by Gasteiger charge is -2.34. The zero-order chi connectivity index (χ0) is 20.5. The van der Waals surface area contributed by atoms with Crippen LogP contribution in [-0.2, 0) is 4.79 Å². The number of carbonyl (C=O) groups excluding carboxylic acids is 2. The first-order valence-electron chi connectivity index (χ1n) is 10.8. The molecule has 6 heteroatoms. The summed E-state index contributed by atoms with van der Waals surface area (Å²) in [6.45, 7) is 13.7. The minimum absolute atomic E-state index is 0.0190. The summed E-state index contributed by atoms with van der Waals surface area (Å²) in [4.78, 5) is 31.8. The van der Waals surface area contributed by atoms with E-state index in [1.165, 1.54) is 6.42 Å². The highest BCUT2D eigenvalue weighted by Crippen LogP contribution is 2.17. The highest BCUT2D eigenvalue weighted by molar-refractivity contribution is 5.95. The van der Waals surface area contributed by atoms with Gasteiger partial charge in [-0.15, -0.1) is 0 Å². The summed E-state index contributed by atoms with van der Waals surface area (Å²) in [7, 11) is 0. The van der Waals surface area contributed by atoms with Gasteiger partial charge in [0.25, 0.3) is 5.91 Å². The maximum atomic E-state index is 13.0. The van der Waals surface area contributed by atoms with Crippen LogP contribution < -0.4 is 0 Å². The second kappa shape index (κ2) is 11.2. The van der Waals surface area contributed by atoms with Crippen LogP contribution in [0.2, 0.25) is 0 Å². The Balaban J connectivity index is 1.94. The van der Waals surface area contributed by atoms with E-state index >= 15 is 0 Å². The molecule has 158 valence electrons. The van der Waals surface area contributed by atoms with Gasteiger partial charge in [0.2, 0.25) is 5.91 Å². The molecule has 2 heterocycles. The van der Waals surface area contributed by atoms with E-state index in [2.05, 4.69) is 18.7 Å². The maximum absolute atomic E-state index is 13.0. The average Bonchev–Trinajstić information content (AvgIpc) is 3.04. The Morgan fingerprint density at radius 1 is 1.04 bits per heavy atom. The molecule has 0 aliphatic carbocycles. The Morgan fingerprint density at radius 2 is 1.75 bits per heavy atom. The minimum atomic E-state index is -0.0190. The third kappa shape index (κ3) is 6.36. The van der Waals surface area contributed by atoms with Crippen LogP contribution in [0, 0.1) is 13.8 Å². The van der Waals surface area contributed by atoms with Crippen LogP contribution in [0.1, 0.15) is 67.8 Å². The summed E-state index contributed by atoms with van der Waals surface area (Å²) >= 11 is 0. The van der Waals surface area contributed by atoms with Crippen LogP contribution in [0.4, 0.5) is 0 Å². The van der Waals surface area contributed by atoms with Crippen LogP contribution in [0.5, 0.6) is 0 Å². The molecule has 2 rings (SSSR count). The molecule has 0 radical (unpaired) electrons. The largest absolute Gasteiger partial charge is 0.466 e. The third-order valence-corrected chi connectivity index (χ3v) is 5.61. The predicted molar refractivity (Wildman–Crippen MR) is 112 cm³/mol. The fourth-order valence-corrected chi connectivity index (χ4v) is 3.76. The molecule has 1 aromatic rings. The number of carbonyl (C=O) groups is 2. The van der Waals surface area contributed by atoms with Crippen LogP contribution in [-0.4, -0.2) is 72.3 Å². The lowest BCUT2D eigenvalue weighted by atomic mass is 10.1. The van der Waals surface area contributed by atoms with Gasteiger partial charge in [-0.3, -0.25) is 9.59 Å². The maximum Gasteiger partial charge on any atom is 0.257 e. The number of furan rings is 1. The normalized spacial score (nSPS) is 15.1. The number of hydrogen-bond donors (Lipinski definition) is 0. The quantitative estimate of drug-likeness (QED) is 0.573. The van der Waals surface area contributed by atoms with Gasteiger partial charge in [0.15, 0.2) is 0 Å². The van der Waals surface area contributed by atoms with Crippen molar-refractivity contribution < 1.29 is 14.0 Å². The molecule has 1 aliphatic rings. The van der Waals surface area contributed by atoms with Crippen molar-refractivity contribution in [2.45, 2.75) is 59.8 Å². The van der Waals surface area contributed by atoms with E-state index in [0.717, 1.165) is 57.7 Å². The first kappa shape index (κ1) is 22.5. The van der Waals surface area contributed by atoms with E-state index in [0.29, 0.717) is 30.8 Å². The molecule has 0 N–H and O–H groups in total. The molecule has 6 nitrogen and oxygen atoms in total. The second-order valence-electron chi connectivity index (χ2n) is 7.74. The summed E-state index contributed by atoms with van der Waals surface area (Å²) in [6, 6.07) is 1.81. The average molecular weight is 392 g/mol. The van der Waals surface area contributed by atoms with Crippen LogP contribution >= 0.6 is 0 Å². The first-order chi connectivity index (χ1) is 13.5. The van der Waals surface area contributed by atoms with Crippen LogP contribution in [0.15, 0.2) is 10.5 Å². The monoisotopic (exact) mass is 391 g/mol. The molecule has 28 heavy (non-hydrogen) atoms. The molecule has 0 atom stereocenters. The molecule has 1 fully saturated rings. The second-order valence-corrected chi connectivity index (χ2v) is 7.74. The van der Waals surface area contributed by atoms with E-state index < -0.39 is 0 Å². The van der Waals surface area contributed by atoms with E-state index in [4.69, 9.17) is 4.42 Å². The van der Waals surface area contributed by atoms with Gasteiger partial charge in [-0.2, -0.15) is 0 Å². The van der Waals surface area contributed by atoms with Crippen molar-refractivity contribution >= 4 is 11.8 Å². The van der Waals surface area contributed by atoms with Crippen LogP contribution in [0.25, 0.3) is 0 Å². The Bertz CT molecular complexity index is 633. The molecule has 1 aromatic heterocycles. The molecular weight excluding hydrogens is 354 g/mol. The van der Waals surface area contributed by atoms with Gasteiger partial charge in [-0.05, 0) is 32.9 Å².